The van der Waals surface area contributed by atoms with Crippen molar-refractivity contribution in [2.75, 3.05) is 13.3 Å². The highest BCUT2D eigenvalue weighted by Gasteiger charge is 2.38. The molecule has 162 valence electrons. The van der Waals surface area contributed by atoms with Crippen molar-refractivity contribution in [3.05, 3.63) is 59.7 Å². The van der Waals surface area contributed by atoms with Crippen molar-refractivity contribution in [3.63, 3.8) is 0 Å². The third-order valence-corrected chi connectivity index (χ3v) is 5.22. The van der Waals surface area contributed by atoms with Gasteiger partial charge in [-0.05, 0) is 29.7 Å². The van der Waals surface area contributed by atoms with Gasteiger partial charge in [0.15, 0.2) is 11.5 Å². The number of rotatable bonds is 8. The first kappa shape index (κ1) is 20.7. The molecule has 9 heteroatoms. The SMILES string of the molecule is O=C(CC[C@@H]1NC(=O)N(Cc2ccc3c(c2)OCO3)C1=O)NCC(O)c1ccccc1. The van der Waals surface area contributed by atoms with E-state index in [1.54, 1.807) is 30.3 Å². The predicted molar refractivity (Wildman–Crippen MR) is 109 cm³/mol. The molecule has 31 heavy (non-hydrogen) atoms. The molecule has 1 fully saturated rings. The first-order chi connectivity index (χ1) is 15.0. The van der Waals surface area contributed by atoms with Crippen LogP contribution in [0.3, 0.4) is 0 Å². The van der Waals surface area contributed by atoms with Gasteiger partial charge in [-0.2, -0.15) is 0 Å². The van der Waals surface area contributed by atoms with Crippen molar-refractivity contribution in [1.82, 2.24) is 15.5 Å². The van der Waals surface area contributed by atoms with Crippen molar-refractivity contribution in [2.45, 2.75) is 31.5 Å². The Morgan fingerprint density at radius 2 is 1.94 bits per heavy atom. The fourth-order valence-corrected chi connectivity index (χ4v) is 3.51. The largest absolute Gasteiger partial charge is 0.454 e. The Labute approximate surface area is 178 Å². The number of carbonyl (C=O) groups excluding carboxylic acids is 3. The number of benzene rings is 2. The smallest absolute Gasteiger partial charge is 0.325 e. The number of fused-ring (bicyclic) bond motifs is 1. The topological polar surface area (TPSA) is 117 Å². The van der Waals surface area contributed by atoms with Gasteiger partial charge in [0.25, 0.3) is 5.91 Å². The van der Waals surface area contributed by atoms with Crippen LogP contribution in [0, 0.1) is 0 Å². The van der Waals surface area contributed by atoms with Crippen molar-refractivity contribution in [3.8, 4) is 11.5 Å². The number of aliphatic hydroxyl groups is 1. The lowest BCUT2D eigenvalue weighted by molar-refractivity contribution is -0.128. The molecule has 2 aliphatic rings. The minimum Gasteiger partial charge on any atom is -0.454 e. The van der Waals surface area contributed by atoms with Crippen LogP contribution >= 0.6 is 0 Å². The van der Waals surface area contributed by atoms with Crippen LogP contribution in [0.25, 0.3) is 0 Å². The number of hydrogen-bond acceptors (Lipinski definition) is 6. The van der Waals surface area contributed by atoms with E-state index >= 15 is 0 Å². The number of hydrogen-bond donors (Lipinski definition) is 3. The number of nitrogens with zero attached hydrogens (tertiary/aromatic N) is 1. The van der Waals surface area contributed by atoms with Crippen molar-refractivity contribution < 1.29 is 29.0 Å². The van der Waals surface area contributed by atoms with Gasteiger partial charge in [0.2, 0.25) is 12.7 Å². The Balaban J connectivity index is 1.25. The Hall–Kier alpha value is -3.59. The summed E-state index contributed by atoms with van der Waals surface area (Å²) in [7, 11) is 0. The number of ether oxygens (including phenoxy) is 2. The van der Waals surface area contributed by atoms with E-state index in [9.17, 15) is 19.5 Å². The molecule has 1 unspecified atom stereocenters. The molecular weight excluding hydrogens is 402 g/mol. The quantitative estimate of drug-likeness (QED) is 0.552. The molecule has 9 nitrogen and oxygen atoms in total. The molecule has 0 radical (unpaired) electrons. The zero-order chi connectivity index (χ0) is 21.8. The Morgan fingerprint density at radius 1 is 1.16 bits per heavy atom. The van der Waals surface area contributed by atoms with Crippen LogP contribution < -0.4 is 20.1 Å². The summed E-state index contributed by atoms with van der Waals surface area (Å²) in [5, 5.41) is 15.4. The minimum absolute atomic E-state index is 0.0516. The predicted octanol–water partition coefficient (Wildman–Crippen LogP) is 1.47. The van der Waals surface area contributed by atoms with Gasteiger partial charge in [-0.25, -0.2) is 4.79 Å². The number of urea groups is 1. The van der Waals surface area contributed by atoms with Gasteiger partial charge in [-0.15, -0.1) is 0 Å². The first-order valence-corrected chi connectivity index (χ1v) is 10.0. The molecule has 0 spiro atoms. The van der Waals surface area contributed by atoms with E-state index in [1.807, 2.05) is 18.2 Å². The van der Waals surface area contributed by atoms with Crippen LogP contribution in [0.1, 0.15) is 30.1 Å². The highest BCUT2D eigenvalue weighted by atomic mass is 16.7. The van der Waals surface area contributed by atoms with Crippen molar-refractivity contribution in [1.29, 1.82) is 0 Å². The second-order valence-electron chi connectivity index (χ2n) is 7.38. The second-order valence-corrected chi connectivity index (χ2v) is 7.38. The molecule has 0 aliphatic carbocycles. The minimum atomic E-state index is -0.810. The molecular formula is C22H23N3O6. The number of nitrogens with one attached hydrogen (secondary N) is 2. The van der Waals surface area contributed by atoms with E-state index in [1.165, 1.54) is 0 Å². The van der Waals surface area contributed by atoms with E-state index in [2.05, 4.69) is 10.6 Å². The third-order valence-electron chi connectivity index (χ3n) is 5.22. The third kappa shape index (κ3) is 4.77. The molecule has 2 aromatic rings. The molecule has 2 aliphatic heterocycles. The second kappa shape index (κ2) is 9.05. The maximum Gasteiger partial charge on any atom is 0.325 e. The number of amides is 4. The molecule has 0 aromatic heterocycles. The fraction of sp³-hybridized carbons (Fsp3) is 0.318. The molecule has 0 bridgehead atoms. The van der Waals surface area contributed by atoms with Crippen LogP contribution in [-0.4, -0.2) is 47.2 Å². The average Bonchev–Trinajstić information content (AvgIpc) is 3.36. The molecule has 2 atom stereocenters. The lowest BCUT2D eigenvalue weighted by Gasteiger charge is -2.14. The number of imide groups is 1. The van der Waals surface area contributed by atoms with Gasteiger partial charge in [0, 0.05) is 13.0 Å². The zero-order valence-electron chi connectivity index (χ0n) is 16.7. The van der Waals surface area contributed by atoms with E-state index in [0.717, 1.165) is 10.5 Å². The Morgan fingerprint density at radius 3 is 2.74 bits per heavy atom. The average molecular weight is 425 g/mol. The fourth-order valence-electron chi connectivity index (χ4n) is 3.51. The Kier molecular flexibility index (Phi) is 6.03. The summed E-state index contributed by atoms with van der Waals surface area (Å²) in [6.45, 7) is 0.325. The summed E-state index contributed by atoms with van der Waals surface area (Å²) in [5.41, 5.74) is 1.45. The van der Waals surface area contributed by atoms with E-state index < -0.39 is 18.2 Å². The van der Waals surface area contributed by atoms with Gasteiger partial charge >= 0.3 is 6.03 Å². The maximum absolute atomic E-state index is 12.6. The van der Waals surface area contributed by atoms with Crippen LogP contribution in [0.4, 0.5) is 4.79 Å². The van der Waals surface area contributed by atoms with Gasteiger partial charge < -0.3 is 25.2 Å². The lowest BCUT2D eigenvalue weighted by atomic mass is 10.1. The number of aliphatic hydroxyl groups excluding tert-OH is 1. The maximum atomic E-state index is 12.6. The lowest BCUT2D eigenvalue weighted by Crippen LogP contribution is -2.33. The van der Waals surface area contributed by atoms with Gasteiger partial charge in [-0.3, -0.25) is 14.5 Å². The molecule has 2 aromatic carbocycles. The van der Waals surface area contributed by atoms with Crippen molar-refractivity contribution >= 4 is 17.8 Å². The zero-order valence-corrected chi connectivity index (χ0v) is 16.7. The normalized spacial score (nSPS) is 18.1. The van der Waals surface area contributed by atoms with Crippen LogP contribution in [-0.2, 0) is 16.1 Å². The standard InChI is InChI=1S/C22H23N3O6/c26-17(15-4-2-1-3-5-15)11-23-20(27)9-7-16-21(28)25(22(29)24-16)12-14-6-8-18-19(10-14)31-13-30-18/h1-6,8,10,16-17,26H,7,9,11-13H2,(H,23,27)(H,24,29)/t16-,17?/m0/s1. The molecule has 4 rings (SSSR count). The van der Waals surface area contributed by atoms with Gasteiger partial charge in [0.1, 0.15) is 6.04 Å². The van der Waals surface area contributed by atoms with Crippen LogP contribution in [0.15, 0.2) is 48.5 Å². The molecule has 0 saturated carbocycles. The van der Waals surface area contributed by atoms with Crippen molar-refractivity contribution in [2.24, 2.45) is 0 Å². The Bertz CT molecular complexity index is 980. The molecule has 2 heterocycles. The first-order valence-electron chi connectivity index (χ1n) is 10.0. The van der Waals surface area contributed by atoms with Gasteiger partial charge in [-0.1, -0.05) is 36.4 Å². The van der Waals surface area contributed by atoms with E-state index in [4.69, 9.17) is 9.47 Å². The summed E-state index contributed by atoms with van der Waals surface area (Å²) in [4.78, 5) is 38.1. The summed E-state index contributed by atoms with van der Waals surface area (Å²) < 4.78 is 10.6. The molecule has 3 N–H and O–H groups in total. The van der Waals surface area contributed by atoms with Crippen LogP contribution in [0.5, 0.6) is 11.5 Å². The van der Waals surface area contributed by atoms with E-state index in [-0.39, 0.29) is 44.5 Å². The van der Waals surface area contributed by atoms with Gasteiger partial charge in [0.05, 0.1) is 12.6 Å². The monoisotopic (exact) mass is 425 g/mol. The number of carbonyl (C=O) groups is 3. The summed E-state index contributed by atoms with van der Waals surface area (Å²) in [5.74, 6) is 0.531. The van der Waals surface area contributed by atoms with E-state index in [0.29, 0.717) is 17.1 Å². The summed E-state index contributed by atoms with van der Waals surface area (Å²) in [6, 6.07) is 13.0. The summed E-state index contributed by atoms with van der Waals surface area (Å²) in [6.07, 6.45) is -0.582. The molecule has 1 saturated heterocycles. The molecule has 4 amide bonds. The van der Waals surface area contributed by atoms with Crippen LogP contribution in [0.2, 0.25) is 0 Å². The highest BCUT2D eigenvalue weighted by molar-refractivity contribution is 6.04. The summed E-state index contributed by atoms with van der Waals surface area (Å²) >= 11 is 0. The highest BCUT2D eigenvalue weighted by Crippen LogP contribution is 2.33.